The van der Waals surface area contributed by atoms with Gasteiger partial charge in [-0.3, -0.25) is 15.0 Å². The van der Waals surface area contributed by atoms with Gasteiger partial charge in [-0.2, -0.15) is 0 Å². The Morgan fingerprint density at radius 1 is 0.419 bits per heavy atom. The standard InChI is InChI=1S/C55H33N5S2/c1-3-19-45(38(15-1)34-27-31-56-32-28-34)60-46-20-4-6-22-49(46)62-54-47(60)26-24-43-53(54)61-48-21-5-2-17-40(48)55(43)41-18-10-30-58-51(41)52-42(55)23-25-44(59-52)37-13-7-12-36(33-37)39-16-8-11-35-14-9-29-57-50(35)39/h1-33H. The molecule has 4 aromatic heterocycles. The lowest BCUT2D eigenvalue weighted by molar-refractivity contribution is 0.711. The molecule has 2 aliphatic heterocycles. The van der Waals surface area contributed by atoms with E-state index in [1.165, 1.54) is 36.4 Å². The predicted molar refractivity (Wildman–Crippen MR) is 252 cm³/mol. The first-order chi connectivity index (χ1) is 30.8. The Bertz CT molecular complexity index is 3450. The van der Waals surface area contributed by atoms with Gasteiger partial charge in [0.05, 0.1) is 50.0 Å². The zero-order valence-electron chi connectivity index (χ0n) is 33.1. The summed E-state index contributed by atoms with van der Waals surface area (Å²) >= 11 is 3.75. The van der Waals surface area contributed by atoms with Crippen molar-refractivity contribution < 1.29 is 0 Å². The maximum atomic E-state index is 5.56. The maximum absolute atomic E-state index is 5.56. The molecule has 62 heavy (non-hydrogen) atoms. The molecule has 6 aromatic carbocycles. The van der Waals surface area contributed by atoms with Crippen LogP contribution in [0, 0.1) is 0 Å². The van der Waals surface area contributed by atoms with E-state index in [0.717, 1.165) is 78.3 Å². The fourth-order valence-corrected chi connectivity index (χ4v) is 12.5. The Morgan fingerprint density at radius 2 is 1.11 bits per heavy atom. The van der Waals surface area contributed by atoms with Gasteiger partial charge in [-0.1, -0.05) is 133 Å². The molecule has 1 aliphatic carbocycles. The molecule has 5 nitrogen and oxygen atoms in total. The highest BCUT2D eigenvalue weighted by atomic mass is 32.2. The van der Waals surface area contributed by atoms with Gasteiger partial charge in [0.25, 0.3) is 0 Å². The van der Waals surface area contributed by atoms with Gasteiger partial charge in [0.1, 0.15) is 0 Å². The zero-order valence-corrected chi connectivity index (χ0v) is 34.7. The Labute approximate surface area is 367 Å². The molecule has 10 aromatic rings. The average molecular weight is 828 g/mol. The molecule has 0 radical (unpaired) electrons. The minimum Gasteiger partial charge on any atom is -0.308 e. The number of benzene rings is 6. The van der Waals surface area contributed by atoms with Gasteiger partial charge in [-0.25, -0.2) is 4.98 Å². The van der Waals surface area contributed by atoms with Gasteiger partial charge in [0.15, 0.2) is 0 Å². The lowest BCUT2D eigenvalue weighted by Gasteiger charge is -2.42. The molecule has 0 fully saturated rings. The van der Waals surface area contributed by atoms with Crippen molar-refractivity contribution in [2.75, 3.05) is 4.90 Å². The van der Waals surface area contributed by atoms with Crippen LogP contribution in [0.5, 0.6) is 0 Å². The van der Waals surface area contributed by atoms with E-state index >= 15 is 0 Å². The van der Waals surface area contributed by atoms with E-state index < -0.39 is 5.41 Å². The minimum absolute atomic E-state index is 0.634. The molecule has 1 atom stereocenters. The third kappa shape index (κ3) is 5.13. The van der Waals surface area contributed by atoms with Gasteiger partial charge >= 0.3 is 0 Å². The molecule has 0 saturated heterocycles. The smallest absolute Gasteiger partial charge is 0.0945 e. The van der Waals surface area contributed by atoms with Crippen molar-refractivity contribution in [1.82, 2.24) is 19.9 Å². The lowest BCUT2D eigenvalue weighted by atomic mass is 9.67. The van der Waals surface area contributed by atoms with Crippen molar-refractivity contribution in [3.63, 3.8) is 0 Å². The Hall–Kier alpha value is -7.32. The van der Waals surface area contributed by atoms with Crippen molar-refractivity contribution in [1.29, 1.82) is 0 Å². The number of hydrogen-bond acceptors (Lipinski definition) is 7. The Kier molecular flexibility index (Phi) is 7.92. The SMILES string of the molecule is c1cc(-c2ccc3c(n2)-c2ncccc2C32c3ccccc3Sc3c2ccc2c3Sc3ccccc3N2c2ccccc2-c2ccncc2)cc(-c2cccc3cccnc23)c1. The number of fused-ring (bicyclic) bond motifs is 13. The molecule has 0 N–H and O–H groups in total. The molecule has 7 heteroatoms. The van der Waals surface area contributed by atoms with Gasteiger partial charge in [-0.05, 0) is 100 Å². The molecule has 6 heterocycles. The van der Waals surface area contributed by atoms with Crippen LogP contribution in [0.4, 0.5) is 17.1 Å². The van der Waals surface area contributed by atoms with E-state index in [4.69, 9.17) is 15.0 Å². The predicted octanol–water partition coefficient (Wildman–Crippen LogP) is 14.2. The van der Waals surface area contributed by atoms with Gasteiger partial charge in [0, 0.05) is 61.6 Å². The Morgan fingerprint density at radius 3 is 2.05 bits per heavy atom. The highest BCUT2D eigenvalue weighted by Crippen LogP contribution is 2.65. The summed E-state index contributed by atoms with van der Waals surface area (Å²) in [6, 6.07) is 63.4. The fourth-order valence-electron chi connectivity index (χ4n) is 9.92. The summed E-state index contributed by atoms with van der Waals surface area (Å²) in [7, 11) is 0. The van der Waals surface area contributed by atoms with E-state index in [2.05, 4.69) is 180 Å². The lowest BCUT2D eigenvalue weighted by Crippen LogP contribution is -2.32. The summed E-state index contributed by atoms with van der Waals surface area (Å²) in [6.45, 7) is 0. The highest BCUT2D eigenvalue weighted by Gasteiger charge is 2.52. The molecule has 3 aliphatic rings. The highest BCUT2D eigenvalue weighted by molar-refractivity contribution is 8.02. The molecule has 0 amide bonds. The number of pyridine rings is 4. The normalized spacial score (nSPS) is 15.3. The van der Waals surface area contributed by atoms with Crippen LogP contribution < -0.4 is 4.90 Å². The molecule has 290 valence electrons. The first-order valence-electron chi connectivity index (χ1n) is 20.7. The Balaban J connectivity index is 1.02. The van der Waals surface area contributed by atoms with E-state index in [1.54, 1.807) is 0 Å². The molecular formula is C55H33N5S2. The number of hydrogen-bond donors (Lipinski definition) is 0. The number of aromatic nitrogens is 4. The van der Waals surface area contributed by atoms with Crippen LogP contribution in [-0.4, -0.2) is 19.9 Å². The van der Waals surface area contributed by atoms with Gasteiger partial charge < -0.3 is 4.90 Å². The van der Waals surface area contributed by atoms with Gasteiger partial charge in [0.2, 0.25) is 0 Å². The van der Waals surface area contributed by atoms with Crippen LogP contribution in [0.3, 0.4) is 0 Å². The van der Waals surface area contributed by atoms with Crippen molar-refractivity contribution in [3.8, 4) is 44.9 Å². The third-order valence-electron chi connectivity index (χ3n) is 12.5. The summed E-state index contributed by atoms with van der Waals surface area (Å²) in [5.41, 5.74) is 16.9. The molecule has 13 rings (SSSR count). The minimum atomic E-state index is -0.634. The van der Waals surface area contributed by atoms with Crippen LogP contribution in [0.15, 0.2) is 220 Å². The summed E-state index contributed by atoms with van der Waals surface area (Å²) in [6.07, 6.45) is 7.51. The number of rotatable bonds is 4. The first kappa shape index (κ1) is 35.4. The van der Waals surface area contributed by atoms with Crippen molar-refractivity contribution in [2.45, 2.75) is 25.0 Å². The van der Waals surface area contributed by atoms with Crippen LogP contribution in [0.2, 0.25) is 0 Å². The maximum Gasteiger partial charge on any atom is 0.0945 e. The van der Waals surface area contributed by atoms with Crippen LogP contribution in [0.1, 0.15) is 22.3 Å². The van der Waals surface area contributed by atoms with Crippen LogP contribution in [-0.2, 0) is 5.41 Å². The second-order valence-corrected chi connectivity index (χ2v) is 17.9. The van der Waals surface area contributed by atoms with E-state index in [0.29, 0.717) is 0 Å². The summed E-state index contributed by atoms with van der Waals surface area (Å²) in [5, 5.41) is 1.12. The van der Waals surface area contributed by atoms with Crippen molar-refractivity contribution >= 4 is 51.5 Å². The topological polar surface area (TPSA) is 54.8 Å². The molecule has 1 unspecified atom stereocenters. The molecular weight excluding hydrogens is 795 g/mol. The summed E-state index contributed by atoms with van der Waals surface area (Å²) in [5.74, 6) is 0. The fraction of sp³-hybridized carbons (Fsp3) is 0.0182. The third-order valence-corrected chi connectivity index (χ3v) is 15.0. The van der Waals surface area contributed by atoms with Crippen LogP contribution >= 0.6 is 23.5 Å². The average Bonchev–Trinajstić information content (AvgIpc) is 3.63. The van der Waals surface area contributed by atoms with Crippen LogP contribution in [0.25, 0.3) is 55.8 Å². The van der Waals surface area contributed by atoms with Crippen molar-refractivity contribution in [2.24, 2.45) is 0 Å². The quantitative estimate of drug-likeness (QED) is 0.175. The number of nitrogens with zero attached hydrogens (tertiary/aromatic N) is 5. The van der Waals surface area contributed by atoms with Gasteiger partial charge in [-0.15, -0.1) is 0 Å². The number of anilines is 3. The van der Waals surface area contributed by atoms with E-state index in [-0.39, 0.29) is 0 Å². The first-order valence-corrected chi connectivity index (χ1v) is 22.3. The molecule has 1 spiro atoms. The van der Waals surface area contributed by atoms with E-state index in [1.807, 2.05) is 54.4 Å². The number of para-hydroxylation sites is 3. The molecule has 0 saturated carbocycles. The second-order valence-electron chi connectivity index (χ2n) is 15.8. The summed E-state index contributed by atoms with van der Waals surface area (Å²) < 4.78 is 0. The van der Waals surface area contributed by atoms with Crippen molar-refractivity contribution in [3.05, 3.63) is 223 Å². The summed E-state index contributed by atoms with van der Waals surface area (Å²) in [4.78, 5) is 27.2. The monoisotopic (exact) mass is 827 g/mol. The molecule has 0 bridgehead atoms. The largest absolute Gasteiger partial charge is 0.308 e. The zero-order chi connectivity index (χ0) is 40.8. The van der Waals surface area contributed by atoms with E-state index in [9.17, 15) is 0 Å². The second kappa shape index (κ2) is 13.9.